The summed E-state index contributed by atoms with van der Waals surface area (Å²) in [6.07, 6.45) is 4.33. The summed E-state index contributed by atoms with van der Waals surface area (Å²) in [5.41, 5.74) is 4.20. The lowest BCUT2D eigenvalue weighted by atomic mass is 9.90. The van der Waals surface area contributed by atoms with Crippen LogP contribution in [0.5, 0.6) is 11.5 Å². The molecule has 0 amide bonds. The Hall–Kier alpha value is -1.79. The summed E-state index contributed by atoms with van der Waals surface area (Å²) in [5, 5.41) is 29.5. The Balaban J connectivity index is 1.60. The van der Waals surface area contributed by atoms with Gasteiger partial charge in [-0.2, -0.15) is 0 Å². The van der Waals surface area contributed by atoms with Gasteiger partial charge >= 0.3 is 0 Å². The Morgan fingerprint density at radius 3 is 2.40 bits per heavy atom. The highest BCUT2D eigenvalue weighted by molar-refractivity contribution is 6.20. The number of phenolic OH excluding ortho intramolecular Hbond substituents is 2. The number of nitrogens with one attached hydrogen (secondary N) is 3. The van der Waals surface area contributed by atoms with Crippen molar-refractivity contribution in [3.8, 4) is 11.5 Å². The van der Waals surface area contributed by atoms with Gasteiger partial charge < -0.3 is 10.2 Å². The average Bonchev–Trinajstić information content (AvgIpc) is 2.60. The SMILES string of the molecule is Oc1ccc(C2NC(Cl)NC(c3ccc4c(c3)CCCC4)N2)c(O)c1. The minimum Gasteiger partial charge on any atom is -0.508 e. The Morgan fingerprint density at radius 2 is 1.60 bits per heavy atom. The number of aromatic hydroxyl groups is 2. The highest BCUT2D eigenvalue weighted by Gasteiger charge is 2.29. The Kier molecular flexibility index (Phi) is 4.56. The van der Waals surface area contributed by atoms with Crippen LogP contribution in [0.1, 0.15) is 47.4 Å². The van der Waals surface area contributed by atoms with Crippen LogP contribution in [0.3, 0.4) is 0 Å². The maximum atomic E-state index is 10.1. The zero-order valence-corrected chi connectivity index (χ0v) is 14.6. The number of hydrogen-bond donors (Lipinski definition) is 5. The molecule has 3 atom stereocenters. The van der Waals surface area contributed by atoms with E-state index in [1.165, 1.54) is 30.0 Å². The molecule has 5 N–H and O–H groups in total. The van der Waals surface area contributed by atoms with Gasteiger partial charge in [-0.25, -0.2) is 0 Å². The predicted molar refractivity (Wildman–Crippen MR) is 97.4 cm³/mol. The second-order valence-electron chi connectivity index (χ2n) is 6.71. The Morgan fingerprint density at radius 1 is 0.840 bits per heavy atom. The molecule has 25 heavy (non-hydrogen) atoms. The summed E-state index contributed by atoms with van der Waals surface area (Å²) in [4.78, 5) is 0. The fourth-order valence-corrected chi connectivity index (χ4v) is 3.94. The molecule has 6 heteroatoms. The summed E-state index contributed by atoms with van der Waals surface area (Å²) >= 11 is 6.34. The van der Waals surface area contributed by atoms with Gasteiger partial charge in [0, 0.05) is 11.6 Å². The van der Waals surface area contributed by atoms with Crippen molar-refractivity contribution in [3.05, 3.63) is 58.7 Å². The van der Waals surface area contributed by atoms with Crippen LogP contribution in [-0.2, 0) is 12.8 Å². The van der Waals surface area contributed by atoms with Gasteiger partial charge in [-0.05, 0) is 54.5 Å². The molecule has 0 saturated carbocycles. The largest absolute Gasteiger partial charge is 0.508 e. The van der Waals surface area contributed by atoms with Crippen LogP contribution in [0.2, 0.25) is 0 Å². The molecule has 2 aromatic rings. The summed E-state index contributed by atoms with van der Waals surface area (Å²) in [7, 11) is 0. The molecule has 2 aromatic carbocycles. The molecule has 0 spiro atoms. The van der Waals surface area contributed by atoms with Gasteiger partial charge in [0.15, 0.2) is 0 Å². The van der Waals surface area contributed by atoms with Crippen LogP contribution in [-0.4, -0.2) is 15.8 Å². The van der Waals surface area contributed by atoms with Crippen molar-refractivity contribution in [2.24, 2.45) is 0 Å². The lowest BCUT2D eigenvalue weighted by Gasteiger charge is -2.37. The number of benzene rings is 2. The van der Waals surface area contributed by atoms with E-state index in [1.807, 2.05) is 0 Å². The maximum absolute atomic E-state index is 10.1. The van der Waals surface area contributed by atoms with E-state index >= 15 is 0 Å². The van der Waals surface area contributed by atoms with Crippen molar-refractivity contribution in [2.45, 2.75) is 43.6 Å². The van der Waals surface area contributed by atoms with E-state index in [4.69, 9.17) is 11.6 Å². The maximum Gasteiger partial charge on any atom is 0.138 e. The standard InChI is InChI=1S/C19H22ClN3O2/c20-19-22-17(13-6-5-11-3-1-2-4-12(11)9-13)21-18(23-19)15-8-7-14(24)10-16(15)25/h5-10,17-19,21-25H,1-4H2. The first-order valence-corrected chi connectivity index (χ1v) is 9.09. The Labute approximate surface area is 152 Å². The molecule has 3 unspecified atom stereocenters. The average molecular weight is 360 g/mol. The molecule has 4 rings (SSSR count). The number of halogens is 1. The Bertz CT molecular complexity index is 783. The first-order chi connectivity index (χ1) is 12.1. The van der Waals surface area contributed by atoms with Crippen LogP contribution in [0.4, 0.5) is 0 Å². The molecule has 0 aromatic heterocycles. The lowest BCUT2D eigenvalue weighted by molar-refractivity contribution is 0.242. The number of phenols is 2. The third-order valence-electron chi connectivity index (χ3n) is 4.99. The molecule has 0 bridgehead atoms. The molecule has 132 valence electrons. The second-order valence-corrected chi connectivity index (χ2v) is 7.14. The number of rotatable bonds is 2. The molecule has 0 radical (unpaired) electrons. The molecule has 1 heterocycles. The first kappa shape index (κ1) is 16.7. The van der Waals surface area contributed by atoms with E-state index in [9.17, 15) is 10.2 Å². The third kappa shape index (κ3) is 3.46. The quantitative estimate of drug-likeness (QED) is 0.421. The van der Waals surface area contributed by atoms with Crippen molar-refractivity contribution in [1.82, 2.24) is 16.0 Å². The van der Waals surface area contributed by atoms with Gasteiger partial charge in [-0.1, -0.05) is 29.8 Å². The van der Waals surface area contributed by atoms with E-state index in [1.54, 1.807) is 12.1 Å². The normalized spacial score (nSPS) is 26.2. The monoisotopic (exact) mass is 359 g/mol. The van der Waals surface area contributed by atoms with Gasteiger partial charge in [0.2, 0.25) is 0 Å². The third-order valence-corrected chi connectivity index (χ3v) is 5.24. The molecule has 1 aliphatic heterocycles. The number of aryl methyl sites for hydroxylation is 2. The van der Waals surface area contributed by atoms with Crippen LogP contribution in [0.25, 0.3) is 0 Å². The molecule has 5 nitrogen and oxygen atoms in total. The highest BCUT2D eigenvalue weighted by Crippen LogP contribution is 2.31. The van der Waals surface area contributed by atoms with E-state index in [2.05, 4.69) is 34.1 Å². The summed E-state index contributed by atoms with van der Waals surface area (Å²) in [6, 6.07) is 11.2. The number of fused-ring (bicyclic) bond motifs is 1. The molecule has 1 fully saturated rings. The van der Waals surface area contributed by atoms with Crippen LogP contribution < -0.4 is 16.0 Å². The lowest BCUT2D eigenvalue weighted by Crippen LogP contribution is -2.56. The first-order valence-electron chi connectivity index (χ1n) is 8.66. The number of hydrogen-bond acceptors (Lipinski definition) is 5. The van der Waals surface area contributed by atoms with Crippen molar-refractivity contribution in [3.63, 3.8) is 0 Å². The van der Waals surface area contributed by atoms with Gasteiger partial charge in [0.05, 0.1) is 12.3 Å². The molecular weight excluding hydrogens is 338 g/mol. The van der Waals surface area contributed by atoms with Gasteiger partial charge in [-0.3, -0.25) is 16.0 Å². The topological polar surface area (TPSA) is 76.5 Å². The summed E-state index contributed by atoms with van der Waals surface area (Å²) < 4.78 is 0. The van der Waals surface area contributed by atoms with Crippen LogP contribution in [0, 0.1) is 0 Å². The smallest absolute Gasteiger partial charge is 0.138 e. The minimum absolute atomic E-state index is 0.0277. The van der Waals surface area contributed by atoms with Crippen LogP contribution >= 0.6 is 11.6 Å². The van der Waals surface area contributed by atoms with Gasteiger partial charge in [0.1, 0.15) is 17.1 Å². The van der Waals surface area contributed by atoms with E-state index in [-0.39, 0.29) is 23.8 Å². The fraction of sp³-hybridized carbons (Fsp3) is 0.368. The zero-order valence-electron chi connectivity index (χ0n) is 13.8. The molecule has 1 saturated heterocycles. The second kappa shape index (κ2) is 6.84. The van der Waals surface area contributed by atoms with Crippen molar-refractivity contribution < 1.29 is 10.2 Å². The van der Waals surface area contributed by atoms with Crippen molar-refractivity contribution in [2.75, 3.05) is 0 Å². The van der Waals surface area contributed by atoms with Crippen LogP contribution in [0.15, 0.2) is 36.4 Å². The molecular formula is C19H22ClN3O2. The number of alkyl halides is 1. The summed E-state index contributed by atoms with van der Waals surface area (Å²) in [6.45, 7) is 0. The van der Waals surface area contributed by atoms with Gasteiger partial charge in [-0.15, -0.1) is 0 Å². The molecule has 2 aliphatic rings. The zero-order chi connectivity index (χ0) is 17.4. The minimum atomic E-state index is -0.444. The highest BCUT2D eigenvalue weighted by atomic mass is 35.5. The van der Waals surface area contributed by atoms with Gasteiger partial charge in [0.25, 0.3) is 0 Å². The van der Waals surface area contributed by atoms with E-state index in [0.29, 0.717) is 5.56 Å². The van der Waals surface area contributed by atoms with E-state index in [0.717, 1.165) is 18.4 Å². The summed E-state index contributed by atoms with van der Waals surface area (Å²) in [5.74, 6) is 0.0591. The molecule has 1 aliphatic carbocycles. The van der Waals surface area contributed by atoms with Crippen molar-refractivity contribution in [1.29, 1.82) is 0 Å². The fourth-order valence-electron chi connectivity index (χ4n) is 3.68. The predicted octanol–water partition coefficient (Wildman–Crippen LogP) is 2.98. The van der Waals surface area contributed by atoms with E-state index < -0.39 is 5.62 Å². The van der Waals surface area contributed by atoms with Crippen molar-refractivity contribution >= 4 is 11.6 Å².